The van der Waals surface area contributed by atoms with Crippen molar-refractivity contribution in [2.75, 3.05) is 6.26 Å². The first-order valence-electron chi connectivity index (χ1n) is 6.81. The minimum absolute atomic E-state index is 0.660. The van der Waals surface area contributed by atoms with Crippen LogP contribution in [0.15, 0.2) is 21.6 Å². The number of aromatic nitrogens is 1. The molecule has 20 heavy (non-hydrogen) atoms. The van der Waals surface area contributed by atoms with E-state index in [1.54, 1.807) is 0 Å². The van der Waals surface area contributed by atoms with Crippen molar-refractivity contribution < 1.29 is 4.42 Å². The summed E-state index contributed by atoms with van der Waals surface area (Å²) in [7, 11) is 0. The molecule has 0 atom stereocenters. The summed E-state index contributed by atoms with van der Waals surface area (Å²) < 4.78 is 5.79. The fourth-order valence-electron chi connectivity index (χ4n) is 2.81. The lowest BCUT2D eigenvalue weighted by molar-refractivity contribution is 0.545. The normalized spacial score (nSPS) is 13.8. The second-order valence-electron chi connectivity index (χ2n) is 5.03. The van der Waals surface area contributed by atoms with Crippen LogP contribution < -0.4 is 0 Å². The topological polar surface area (TPSA) is 49.8 Å². The van der Waals surface area contributed by atoms with Crippen molar-refractivity contribution in [3.63, 3.8) is 0 Å². The summed E-state index contributed by atoms with van der Waals surface area (Å²) in [5, 5.41) is 10.4. The molecule has 3 rings (SSSR count). The molecule has 3 nitrogen and oxygen atoms in total. The molecule has 0 spiro atoms. The molecule has 0 saturated carbocycles. The van der Waals surface area contributed by atoms with Crippen LogP contribution >= 0.6 is 11.8 Å². The van der Waals surface area contributed by atoms with Gasteiger partial charge in [0.2, 0.25) is 0 Å². The number of hydrogen-bond acceptors (Lipinski definition) is 4. The summed E-state index contributed by atoms with van der Waals surface area (Å²) in [5.74, 6) is 1.67. The molecule has 0 amide bonds. The Morgan fingerprint density at radius 1 is 1.30 bits per heavy atom. The van der Waals surface area contributed by atoms with Crippen molar-refractivity contribution in [3.8, 4) is 17.4 Å². The van der Waals surface area contributed by atoms with E-state index in [1.807, 2.05) is 25.3 Å². The van der Waals surface area contributed by atoms with Crippen molar-refractivity contribution in [1.29, 1.82) is 5.26 Å². The number of fused-ring (bicyclic) bond motifs is 1. The third-order valence-corrected chi connectivity index (χ3v) is 4.41. The summed E-state index contributed by atoms with van der Waals surface area (Å²) in [6.45, 7) is 1.93. The van der Waals surface area contributed by atoms with Gasteiger partial charge in [0.1, 0.15) is 22.6 Å². The molecule has 102 valence electrons. The highest BCUT2D eigenvalue weighted by molar-refractivity contribution is 7.98. The first-order chi connectivity index (χ1) is 9.74. The highest BCUT2D eigenvalue weighted by Crippen LogP contribution is 2.37. The number of nitriles is 1. The smallest absolute Gasteiger partial charge is 0.136 e. The van der Waals surface area contributed by atoms with E-state index in [9.17, 15) is 5.26 Å². The number of aryl methyl sites for hydroxylation is 2. The minimum atomic E-state index is 0.660. The quantitative estimate of drug-likeness (QED) is 0.778. The highest BCUT2D eigenvalue weighted by Gasteiger charge is 2.24. The van der Waals surface area contributed by atoms with Gasteiger partial charge in [0.05, 0.1) is 5.56 Å². The molecule has 0 radical (unpaired) electrons. The minimum Gasteiger partial charge on any atom is -0.461 e. The van der Waals surface area contributed by atoms with Crippen LogP contribution in [0.4, 0.5) is 0 Å². The van der Waals surface area contributed by atoms with E-state index in [-0.39, 0.29) is 0 Å². The van der Waals surface area contributed by atoms with E-state index >= 15 is 0 Å². The lowest BCUT2D eigenvalue weighted by atomic mass is 9.89. The van der Waals surface area contributed by atoms with Crippen LogP contribution in [0.1, 0.15) is 35.4 Å². The van der Waals surface area contributed by atoms with Gasteiger partial charge < -0.3 is 4.42 Å². The molecule has 2 aromatic rings. The average molecular weight is 284 g/mol. The molecule has 0 aliphatic heterocycles. The predicted octanol–water partition coefficient (Wildman–Crippen LogP) is 4.12. The standard InChI is InChI=1S/C16H16N2OS/c1-10-7-8-14(19-10)15-11-5-3-4-6-13(11)18-16(20-2)12(15)9-17/h7-8H,3-6H2,1-2H3. The second-order valence-corrected chi connectivity index (χ2v) is 5.82. The molecule has 2 aromatic heterocycles. The largest absolute Gasteiger partial charge is 0.461 e. The summed E-state index contributed by atoms with van der Waals surface area (Å²) in [6.07, 6.45) is 6.29. The van der Waals surface area contributed by atoms with E-state index in [0.717, 1.165) is 47.1 Å². The first-order valence-corrected chi connectivity index (χ1v) is 8.03. The van der Waals surface area contributed by atoms with Gasteiger partial charge in [-0.25, -0.2) is 4.98 Å². The van der Waals surface area contributed by atoms with Gasteiger partial charge in [0.15, 0.2) is 0 Å². The second kappa shape index (κ2) is 5.34. The van der Waals surface area contributed by atoms with E-state index in [0.29, 0.717) is 5.56 Å². The molecule has 1 aliphatic carbocycles. The van der Waals surface area contributed by atoms with Crippen molar-refractivity contribution in [2.45, 2.75) is 37.6 Å². The van der Waals surface area contributed by atoms with E-state index < -0.39 is 0 Å². The molecule has 1 aliphatic rings. The van der Waals surface area contributed by atoms with Gasteiger partial charge in [-0.15, -0.1) is 11.8 Å². The molecule has 0 N–H and O–H groups in total. The third-order valence-electron chi connectivity index (χ3n) is 3.73. The zero-order valence-corrected chi connectivity index (χ0v) is 12.5. The monoisotopic (exact) mass is 284 g/mol. The fraction of sp³-hybridized carbons (Fsp3) is 0.375. The van der Waals surface area contributed by atoms with Crippen LogP contribution in [-0.2, 0) is 12.8 Å². The van der Waals surface area contributed by atoms with Crippen molar-refractivity contribution >= 4 is 11.8 Å². The van der Waals surface area contributed by atoms with Gasteiger partial charge in [-0.3, -0.25) is 0 Å². The van der Waals surface area contributed by atoms with Crippen LogP contribution in [0.3, 0.4) is 0 Å². The lowest BCUT2D eigenvalue weighted by Crippen LogP contribution is -2.10. The summed E-state index contributed by atoms with van der Waals surface area (Å²) in [4.78, 5) is 4.69. The van der Waals surface area contributed by atoms with Gasteiger partial charge in [-0.05, 0) is 56.6 Å². The van der Waals surface area contributed by atoms with Crippen LogP contribution in [0.2, 0.25) is 0 Å². The Morgan fingerprint density at radius 2 is 2.10 bits per heavy atom. The molecule has 0 unspecified atom stereocenters. The Balaban J connectivity index is 2.31. The Kier molecular flexibility index (Phi) is 3.54. The SMILES string of the molecule is CSc1nc2c(c(-c3ccc(C)o3)c1C#N)CCCC2. The zero-order chi connectivity index (χ0) is 14.1. The number of hydrogen-bond donors (Lipinski definition) is 0. The number of furan rings is 1. The predicted molar refractivity (Wildman–Crippen MR) is 79.8 cm³/mol. The van der Waals surface area contributed by atoms with E-state index in [1.165, 1.54) is 23.7 Å². The zero-order valence-electron chi connectivity index (χ0n) is 11.7. The van der Waals surface area contributed by atoms with Crippen molar-refractivity contribution in [1.82, 2.24) is 4.98 Å². The number of thioether (sulfide) groups is 1. The Hall–Kier alpha value is -1.73. The van der Waals surface area contributed by atoms with Gasteiger partial charge >= 0.3 is 0 Å². The lowest BCUT2D eigenvalue weighted by Gasteiger charge is -2.20. The number of nitrogens with zero attached hydrogens (tertiary/aromatic N) is 2. The molecular weight excluding hydrogens is 268 g/mol. The van der Waals surface area contributed by atoms with Crippen LogP contribution in [0, 0.1) is 18.3 Å². The van der Waals surface area contributed by atoms with Crippen molar-refractivity contribution in [3.05, 3.63) is 34.7 Å². The van der Waals surface area contributed by atoms with Crippen LogP contribution in [0.25, 0.3) is 11.3 Å². The fourth-order valence-corrected chi connectivity index (χ4v) is 3.36. The third kappa shape index (κ3) is 2.12. The highest BCUT2D eigenvalue weighted by atomic mass is 32.2. The van der Waals surface area contributed by atoms with Gasteiger partial charge in [-0.2, -0.15) is 5.26 Å². The summed E-state index contributed by atoms with van der Waals surface area (Å²) in [5.41, 5.74) is 3.98. The van der Waals surface area contributed by atoms with Crippen molar-refractivity contribution in [2.24, 2.45) is 0 Å². The van der Waals surface area contributed by atoms with Crippen LogP contribution in [0.5, 0.6) is 0 Å². The summed E-state index contributed by atoms with van der Waals surface area (Å²) >= 11 is 1.53. The van der Waals surface area contributed by atoms with Gasteiger partial charge in [0, 0.05) is 11.3 Å². The van der Waals surface area contributed by atoms with E-state index in [2.05, 4.69) is 6.07 Å². The first kappa shape index (κ1) is 13.3. The van der Waals surface area contributed by atoms with Crippen LogP contribution in [-0.4, -0.2) is 11.2 Å². The Labute approximate surface area is 123 Å². The molecule has 2 heterocycles. The molecule has 0 saturated heterocycles. The Morgan fingerprint density at radius 3 is 2.75 bits per heavy atom. The maximum atomic E-state index is 9.56. The molecule has 4 heteroatoms. The molecule has 0 bridgehead atoms. The Bertz CT molecular complexity index is 697. The number of rotatable bonds is 2. The maximum Gasteiger partial charge on any atom is 0.136 e. The number of pyridine rings is 1. The summed E-state index contributed by atoms with van der Waals surface area (Å²) in [6, 6.07) is 6.24. The molecule has 0 aromatic carbocycles. The van der Waals surface area contributed by atoms with Gasteiger partial charge in [-0.1, -0.05) is 0 Å². The van der Waals surface area contributed by atoms with E-state index in [4.69, 9.17) is 9.40 Å². The molecular formula is C16H16N2OS. The maximum absolute atomic E-state index is 9.56. The van der Waals surface area contributed by atoms with Gasteiger partial charge in [0.25, 0.3) is 0 Å². The average Bonchev–Trinajstić information content (AvgIpc) is 2.91. The molecule has 0 fully saturated rings.